The molecule has 1 aliphatic rings. The molecule has 0 fully saturated rings. The third-order valence-electron chi connectivity index (χ3n) is 5.47. The van der Waals surface area contributed by atoms with E-state index < -0.39 is 6.10 Å². The van der Waals surface area contributed by atoms with Gasteiger partial charge in [-0.3, -0.25) is 0 Å². The van der Waals surface area contributed by atoms with Crippen LogP contribution in [-0.2, 0) is 13.0 Å². The maximum Gasteiger partial charge on any atom is 0.0948 e. The average molecular weight is 392 g/mol. The van der Waals surface area contributed by atoms with Crippen LogP contribution in [0.4, 0.5) is 0 Å². The molecule has 1 aromatic heterocycles. The van der Waals surface area contributed by atoms with E-state index in [9.17, 15) is 5.11 Å². The van der Waals surface area contributed by atoms with Crippen LogP contribution < -0.4 is 5.32 Å². The zero-order valence-electron chi connectivity index (χ0n) is 15.3. The van der Waals surface area contributed by atoms with Gasteiger partial charge in [0.1, 0.15) is 0 Å². The molecule has 0 spiro atoms. The van der Waals surface area contributed by atoms with Crippen LogP contribution in [0.1, 0.15) is 22.8 Å². The molecule has 0 bridgehead atoms. The summed E-state index contributed by atoms with van der Waals surface area (Å²) in [7, 11) is 0. The molecule has 142 valence electrons. The number of aromatic amines is 1. The largest absolute Gasteiger partial charge is 0.387 e. The second-order valence-corrected chi connectivity index (χ2v) is 7.17. The highest BCUT2D eigenvalue weighted by Gasteiger charge is 2.29. The van der Waals surface area contributed by atoms with E-state index in [1.54, 1.807) is 6.33 Å². The summed E-state index contributed by atoms with van der Waals surface area (Å²) in [5, 5.41) is 14.0. The predicted octanol–water partition coefficient (Wildman–Crippen LogP) is 4.40. The lowest BCUT2D eigenvalue weighted by Gasteiger charge is -2.17. The Bertz CT molecular complexity index is 1090. The first-order valence-electron chi connectivity index (χ1n) is 9.30. The van der Waals surface area contributed by atoms with E-state index in [1.807, 2.05) is 24.3 Å². The van der Waals surface area contributed by atoms with Crippen molar-refractivity contribution in [3.05, 3.63) is 89.7 Å². The van der Waals surface area contributed by atoms with Gasteiger partial charge in [0.25, 0.3) is 0 Å². The zero-order chi connectivity index (χ0) is 18.2. The Morgan fingerprint density at radius 1 is 1.00 bits per heavy atom. The number of imidazole rings is 1. The number of benzene rings is 3. The van der Waals surface area contributed by atoms with Crippen molar-refractivity contribution in [3.8, 4) is 11.1 Å². The van der Waals surface area contributed by atoms with Crippen molar-refractivity contribution in [3.63, 3.8) is 0 Å². The molecule has 3 N–H and O–H groups in total. The first kappa shape index (κ1) is 18.7. The fourth-order valence-corrected chi connectivity index (χ4v) is 3.94. The highest BCUT2D eigenvalue weighted by Crippen LogP contribution is 2.31. The summed E-state index contributed by atoms with van der Waals surface area (Å²) < 4.78 is 0. The second kappa shape index (κ2) is 7.76. The van der Waals surface area contributed by atoms with Crippen molar-refractivity contribution < 1.29 is 5.11 Å². The molecule has 1 aliphatic carbocycles. The first-order chi connectivity index (χ1) is 13.3. The molecule has 2 atom stereocenters. The number of hydrogen-bond acceptors (Lipinski definition) is 3. The van der Waals surface area contributed by atoms with Crippen LogP contribution in [0.5, 0.6) is 0 Å². The van der Waals surface area contributed by atoms with E-state index in [0.717, 1.165) is 29.6 Å². The van der Waals surface area contributed by atoms with Gasteiger partial charge in [-0.2, -0.15) is 0 Å². The van der Waals surface area contributed by atoms with E-state index in [0.29, 0.717) is 0 Å². The standard InChI is InChI=1S/C23H21N3O.ClH/c27-23-19-4-2-1-3-18(19)12-22(23)24-13-15-5-7-16(8-6-15)17-9-10-20-21(11-17)26-14-25-20;/h1-11,14,22-24,27H,12-13H2,(H,25,26);1H/t22-,23+;/m0./s1. The number of nitrogens with zero attached hydrogens (tertiary/aromatic N) is 1. The molecule has 0 radical (unpaired) electrons. The van der Waals surface area contributed by atoms with Crippen molar-refractivity contribution in [1.29, 1.82) is 0 Å². The molecular formula is C23H22ClN3O. The highest BCUT2D eigenvalue weighted by atomic mass is 35.5. The smallest absolute Gasteiger partial charge is 0.0948 e. The number of halogens is 1. The quantitative estimate of drug-likeness (QED) is 0.483. The molecule has 5 rings (SSSR count). The van der Waals surface area contributed by atoms with Crippen LogP contribution in [0, 0.1) is 0 Å². The minimum Gasteiger partial charge on any atom is -0.387 e. The summed E-state index contributed by atoms with van der Waals surface area (Å²) in [6, 6.07) is 23.1. The molecular weight excluding hydrogens is 370 g/mol. The van der Waals surface area contributed by atoms with Crippen molar-refractivity contribution >= 4 is 23.4 Å². The molecule has 4 nitrogen and oxygen atoms in total. The van der Waals surface area contributed by atoms with Gasteiger partial charge in [-0.25, -0.2) is 4.98 Å². The molecule has 5 heteroatoms. The predicted molar refractivity (Wildman–Crippen MR) is 115 cm³/mol. The molecule has 1 heterocycles. The Morgan fingerprint density at radius 2 is 1.79 bits per heavy atom. The number of fused-ring (bicyclic) bond motifs is 2. The van der Waals surface area contributed by atoms with Crippen LogP contribution in [0.25, 0.3) is 22.2 Å². The Labute approximate surface area is 170 Å². The maximum atomic E-state index is 10.5. The van der Waals surface area contributed by atoms with E-state index in [2.05, 4.69) is 57.7 Å². The lowest BCUT2D eigenvalue weighted by molar-refractivity contribution is 0.141. The third-order valence-corrected chi connectivity index (χ3v) is 5.47. The van der Waals surface area contributed by atoms with E-state index in [-0.39, 0.29) is 18.4 Å². The number of aliphatic hydroxyl groups is 1. The Morgan fingerprint density at radius 3 is 2.61 bits per heavy atom. The Hall–Kier alpha value is -2.66. The summed E-state index contributed by atoms with van der Waals surface area (Å²) in [5.74, 6) is 0. The van der Waals surface area contributed by atoms with Gasteiger partial charge in [0.15, 0.2) is 0 Å². The van der Waals surface area contributed by atoms with Crippen molar-refractivity contribution in [2.24, 2.45) is 0 Å². The summed E-state index contributed by atoms with van der Waals surface area (Å²) in [6.45, 7) is 0.746. The van der Waals surface area contributed by atoms with Crippen LogP contribution in [0.15, 0.2) is 73.1 Å². The zero-order valence-corrected chi connectivity index (χ0v) is 16.1. The molecule has 4 aromatic rings. The van der Waals surface area contributed by atoms with Crippen molar-refractivity contribution in [2.75, 3.05) is 0 Å². The van der Waals surface area contributed by atoms with E-state index in [1.165, 1.54) is 22.3 Å². The maximum absolute atomic E-state index is 10.5. The summed E-state index contributed by atoms with van der Waals surface area (Å²) in [4.78, 5) is 7.43. The SMILES string of the molecule is Cl.O[C@@H]1c2ccccc2C[C@@H]1NCc1ccc(-c2ccc3nc[nH]c3c2)cc1. The van der Waals surface area contributed by atoms with Gasteiger partial charge in [0.2, 0.25) is 0 Å². The highest BCUT2D eigenvalue weighted by molar-refractivity contribution is 5.85. The van der Waals surface area contributed by atoms with Gasteiger partial charge in [0.05, 0.1) is 23.5 Å². The van der Waals surface area contributed by atoms with Gasteiger partial charge in [-0.05, 0) is 46.4 Å². The lowest BCUT2D eigenvalue weighted by atomic mass is 10.0. The third kappa shape index (κ3) is 3.42. The fourth-order valence-electron chi connectivity index (χ4n) is 3.94. The van der Waals surface area contributed by atoms with Crippen molar-refractivity contribution in [2.45, 2.75) is 25.1 Å². The molecule has 0 unspecified atom stereocenters. The monoisotopic (exact) mass is 391 g/mol. The minimum atomic E-state index is -0.429. The molecule has 0 amide bonds. The van der Waals surface area contributed by atoms with E-state index >= 15 is 0 Å². The van der Waals surface area contributed by atoms with Gasteiger partial charge < -0.3 is 15.4 Å². The minimum absolute atomic E-state index is 0. The van der Waals surface area contributed by atoms with Crippen LogP contribution in [-0.4, -0.2) is 21.1 Å². The van der Waals surface area contributed by atoms with E-state index in [4.69, 9.17) is 0 Å². The number of H-pyrrole nitrogens is 1. The Balaban J connectivity index is 0.00000192. The summed E-state index contributed by atoms with van der Waals surface area (Å²) in [6.07, 6.45) is 2.17. The van der Waals surface area contributed by atoms with Crippen LogP contribution >= 0.6 is 12.4 Å². The average Bonchev–Trinajstić information content (AvgIpc) is 3.31. The van der Waals surface area contributed by atoms with Crippen LogP contribution in [0.2, 0.25) is 0 Å². The fraction of sp³-hybridized carbons (Fsp3) is 0.174. The second-order valence-electron chi connectivity index (χ2n) is 7.17. The normalized spacial score (nSPS) is 18.0. The summed E-state index contributed by atoms with van der Waals surface area (Å²) in [5.41, 5.74) is 7.90. The molecule has 28 heavy (non-hydrogen) atoms. The number of nitrogens with one attached hydrogen (secondary N) is 2. The molecule has 0 saturated carbocycles. The van der Waals surface area contributed by atoms with Crippen molar-refractivity contribution in [1.82, 2.24) is 15.3 Å². The number of hydrogen-bond donors (Lipinski definition) is 3. The van der Waals surface area contributed by atoms with Gasteiger partial charge in [0, 0.05) is 12.6 Å². The number of aromatic nitrogens is 2. The number of rotatable bonds is 4. The Kier molecular flexibility index (Phi) is 5.18. The topological polar surface area (TPSA) is 60.9 Å². The number of aliphatic hydroxyl groups excluding tert-OH is 1. The first-order valence-corrected chi connectivity index (χ1v) is 9.30. The van der Waals surface area contributed by atoms with Gasteiger partial charge in [-0.15, -0.1) is 12.4 Å². The molecule has 0 saturated heterocycles. The summed E-state index contributed by atoms with van der Waals surface area (Å²) >= 11 is 0. The molecule has 3 aromatic carbocycles. The van der Waals surface area contributed by atoms with Gasteiger partial charge >= 0.3 is 0 Å². The molecule has 0 aliphatic heterocycles. The van der Waals surface area contributed by atoms with Crippen LogP contribution in [0.3, 0.4) is 0 Å². The van der Waals surface area contributed by atoms with Gasteiger partial charge in [-0.1, -0.05) is 54.6 Å². The lowest BCUT2D eigenvalue weighted by Crippen LogP contribution is -2.32.